The fraction of sp³-hybridized carbons (Fsp3) is 0.182. The summed E-state index contributed by atoms with van der Waals surface area (Å²) in [5, 5.41) is 0. The van der Waals surface area contributed by atoms with Crippen LogP contribution in [0.3, 0.4) is 0 Å². The molecule has 3 aromatic rings. The molecule has 0 aliphatic carbocycles. The molecule has 148 valence electrons. The van der Waals surface area contributed by atoms with Crippen LogP contribution in [0.1, 0.15) is 27.9 Å². The van der Waals surface area contributed by atoms with Crippen LogP contribution in [0, 0.1) is 6.92 Å². The maximum atomic E-state index is 13.1. The Hall–Kier alpha value is -3.19. The van der Waals surface area contributed by atoms with Crippen molar-refractivity contribution in [3.05, 3.63) is 83.7 Å². The highest BCUT2D eigenvalue weighted by atomic mass is 32.2. The predicted molar refractivity (Wildman–Crippen MR) is 113 cm³/mol. The van der Waals surface area contributed by atoms with Crippen LogP contribution in [-0.2, 0) is 16.4 Å². The topological polar surface area (TPSA) is 79.4 Å². The first-order valence-electron chi connectivity index (χ1n) is 9.38. The molecule has 0 spiro atoms. The summed E-state index contributed by atoms with van der Waals surface area (Å²) < 4.78 is 27.8. The lowest BCUT2D eigenvalue weighted by Crippen LogP contribution is -2.35. The van der Waals surface area contributed by atoms with E-state index in [1.165, 1.54) is 18.5 Å². The summed E-state index contributed by atoms with van der Waals surface area (Å²) in [7, 11) is -3.76. The molecule has 0 unspecified atom stereocenters. The van der Waals surface area contributed by atoms with E-state index in [9.17, 15) is 13.2 Å². The minimum Gasteiger partial charge on any atom is -0.308 e. The van der Waals surface area contributed by atoms with E-state index in [-0.39, 0.29) is 16.5 Å². The number of benzene rings is 2. The van der Waals surface area contributed by atoms with E-state index in [0.717, 1.165) is 29.7 Å². The molecule has 0 bridgehead atoms. The highest BCUT2D eigenvalue weighted by Gasteiger charge is 2.24. The van der Waals surface area contributed by atoms with Crippen molar-refractivity contribution in [1.29, 1.82) is 0 Å². The van der Waals surface area contributed by atoms with Gasteiger partial charge in [-0.2, -0.15) is 0 Å². The van der Waals surface area contributed by atoms with Gasteiger partial charge in [0, 0.05) is 18.4 Å². The van der Waals surface area contributed by atoms with Crippen LogP contribution in [0.4, 0.5) is 11.4 Å². The molecule has 2 aromatic carbocycles. The van der Waals surface area contributed by atoms with Crippen molar-refractivity contribution in [1.82, 2.24) is 4.98 Å². The molecule has 2 heterocycles. The molecule has 1 aliphatic rings. The monoisotopic (exact) mass is 407 g/mol. The van der Waals surface area contributed by atoms with Crippen molar-refractivity contribution in [2.45, 2.75) is 24.7 Å². The number of rotatable bonds is 4. The molecule has 1 amide bonds. The Balaban J connectivity index is 1.59. The van der Waals surface area contributed by atoms with E-state index in [2.05, 4.69) is 9.71 Å². The minimum absolute atomic E-state index is 0.157. The number of para-hydroxylation sites is 1. The highest BCUT2D eigenvalue weighted by Crippen LogP contribution is 2.28. The number of pyridine rings is 1. The number of fused-ring (bicyclic) bond motifs is 1. The van der Waals surface area contributed by atoms with Crippen LogP contribution >= 0.6 is 0 Å². The Morgan fingerprint density at radius 3 is 2.62 bits per heavy atom. The van der Waals surface area contributed by atoms with Crippen LogP contribution in [-0.4, -0.2) is 25.9 Å². The minimum atomic E-state index is -3.76. The number of sulfonamides is 1. The van der Waals surface area contributed by atoms with E-state index < -0.39 is 10.0 Å². The van der Waals surface area contributed by atoms with Gasteiger partial charge >= 0.3 is 0 Å². The van der Waals surface area contributed by atoms with Gasteiger partial charge in [-0.3, -0.25) is 14.5 Å². The lowest BCUT2D eigenvalue weighted by molar-refractivity contribution is 0.0985. The van der Waals surface area contributed by atoms with E-state index in [0.29, 0.717) is 12.1 Å². The fourth-order valence-electron chi connectivity index (χ4n) is 3.44. The zero-order valence-corrected chi connectivity index (χ0v) is 16.8. The molecule has 0 fully saturated rings. The first-order chi connectivity index (χ1) is 13.9. The smallest absolute Gasteiger partial charge is 0.261 e. The lowest BCUT2D eigenvalue weighted by atomic mass is 10.0. The van der Waals surface area contributed by atoms with E-state index in [1.54, 1.807) is 29.2 Å². The van der Waals surface area contributed by atoms with Crippen molar-refractivity contribution in [3.63, 3.8) is 0 Å². The number of hydrogen-bond donors (Lipinski definition) is 1. The quantitative estimate of drug-likeness (QED) is 0.714. The molecule has 1 N–H and O–H groups in total. The average Bonchev–Trinajstić information content (AvgIpc) is 2.73. The molecule has 29 heavy (non-hydrogen) atoms. The molecule has 1 aromatic heterocycles. The molecule has 1 aliphatic heterocycles. The Kier molecular flexibility index (Phi) is 5.07. The van der Waals surface area contributed by atoms with Gasteiger partial charge in [0.2, 0.25) is 0 Å². The molecular weight excluding hydrogens is 386 g/mol. The molecule has 0 saturated heterocycles. The summed E-state index contributed by atoms with van der Waals surface area (Å²) in [6, 6.07) is 15.9. The van der Waals surface area contributed by atoms with E-state index >= 15 is 0 Å². The summed E-state index contributed by atoms with van der Waals surface area (Å²) >= 11 is 0. The normalized spacial score (nSPS) is 13.6. The Bertz CT molecular complexity index is 1160. The van der Waals surface area contributed by atoms with Crippen LogP contribution < -0.4 is 9.62 Å². The van der Waals surface area contributed by atoms with Crippen molar-refractivity contribution in [2.75, 3.05) is 16.2 Å². The number of nitrogens with one attached hydrogen (secondary N) is 1. The van der Waals surface area contributed by atoms with Gasteiger partial charge in [0.15, 0.2) is 0 Å². The molecule has 7 heteroatoms. The van der Waals surface area contributed by atoms with Crippen LogP contribution in [0.25, 0.3) is 0 Å². The Labute approximate surface area is 170 Å². The maximum Gasteiger partial charge on any atom is 0.261 e. The number of nitrogens with zero attached hydrogens (tertiary/aromatic N) is 2. The second kappa shape index (κ2) is 7.67. The maximum absolute atomic E-state index is 13.1. The fourth-order valence-corrected chi connectivity index (χ4v) is 4.48. The predicted octanol–water partition coefficient (Wildman–Crippen LogP) is 3.78. The number of aryl methyl sites for hydroxylation is 2. The second-order valence-electron chi connectivity index (χ2n) is 7.07. The van der Waals surface area contributed by atoms with Gasteiger partial charge in [-0.05, 0) is 49.6 Å². The zero-order valence-electron chi connectivity index (χ0n) is 16.0. The van der Waals surface area contributed by atoms with Crippen LogP contribution in [0.15, 0.2) is 71.9 Å². The van der Waals surface area contributed by atoms with Gasteiger partial charge < -0.3 is 4.90 Å². The van der Waals surface area contributed by atoms with Gasteiger partial charge in [0.25, 0.3) is 15.9 Å². The van der Waals surface area contributed by atoms with E-state index in [1.807, 2.05) is 31.2 Å². The van der Waals surface area contributed by atoms with Crippen molar-refractivity contribution >= 4 is 27.3 Å². The highest BCUT2D eigenvalue weighted by molar-refractivity contribution is 7.92. The SMILES string of the molecule is Cc1ccc(S(=O)(=O)Nc2cncc(C(=O)N3CCCc4ccccc43)c2)cc1. The summed E-state index contributed by atoms with van der Waals surface area (Å²) in [5.74, 6) is -0.193. The average molecular weight is 407 g/mol. The van der Waals surface area contributed by atoms with Crippen molar-refractivity contribution in [3.8, 4) is 0 Å². The number of hydrogen-bond acceptors (Lipinski definition) is 4. The Morgan fingerprint density at radius 1 is 1.07 bits per heavy atom. The number of carbonyl (C=O) groups excluding carboxylic acids is 1. The number of amides is 1. The largest absolute Gasteiger partial charge is 0.308 e. The first kappa shape index (κ1) is 19.1. The lowest BCUT2D eigenvalue weighted by Gasteiger charge is -2.29. The second-order valence-corrected chi connectivity index (χ2v) is 8.75. The van der Waals surface area contributed by atoms with Gasteiger partial charge in [-0.1, -0.05) is 35.9 Å². The number of aromatic nitrogens is 1. The summed E-state index contributed by atoms with van der Waals surface area (Å²) in [6.07, 6.45) is 4.68. The molecule has 0 saturated carbocycles. The zero-order chi connectivity index (χ0) is 20.4. The van der Waals surface area contributed by atoms with E-state index in [4.69, 9.17) is 0 Å². The standard InChI is InChI=1S/C22H21N3O3S/c1-16-8-10-20(11-9-16)29(27,28)24-19-13-18(14-23-15-19)22(26)25-12-4-6-17-5-2-3-7-21(17)25/h2-3,5,7-11,13-15,24H,4,6,12H2,1H3. The Morgan fingerprint density at radius 2 is 1.83 bits per heavy atom. The first-order valence-corrected chi connectivity index (χ1v) is 10.9. The van der Waals surface area contributed by atoms with Gasteiger partial charge in [-0.25, -0.2) is 8.42 Å². The van der Waals surface area contributed by atoms with Crippen molar-refractivity contribution < 1.29 is 13.2 Å². The number of anilines is 2. The molecular formula is C22H21N3O3S. The van der Waals surface area contributed by atoms with Crippen LogP contribution in [0.5, 0.6) is 0 Å². The van der Waals surface area contributed by atoms with Gasteiger partial charge in [-0.15, -0.1) is 0 Å². The van der Waals surface area contributed by atoms with Gasteiger partial charge in [0.05, 0.1) is 22.3 Å². The van der Waals surface area contributed by atoms with Crippen molar-refractivity contribution in [2.24, 2.45) is 0 Å². The summed E-state index contributed by atoms with van der Waals surface area (Å²) in [6.45, 7) is 2.51. The molecule has 6 nitrogen and oxygen atoms in total. The third kappa shape index (κ3) is 4.00. The summed E-state index contributed by atoms with van der Waals surface area (Å²) in [5.41, 5.74) is 3.60. The summed E-state index contributed by atoms with van der Waals surface area (Å²) in [4.78, 5) is 19.1. The molecule has 0 atom stereocenters. The molecule has 4 rings (SSSR count). The molecule has 0 radical (unpaired) electrons. The van der Waals surface area contributed by atoms with Gasteiger partial charge in [0.1, 0.15) is 0 Å². The third-order valence-electron chi connectivity index (χ3n) is 4.92. The number of carbonyl (C=O) groups is 1. The van der Waals surface area contributed by atoms with Crippen LogP contribution in [0.2, 0.25) is 0 Å². The third-order valence-corrected chi connectivity index (χ3v) is 6.32.